The van der Waals surface area contributed by atoms with Gasteiger partial charge in [0.15, 0.2) is 0 Å². The molecule has 3 aromatic rings. The van der Waals surface area contributed by atoms with Crippen LogP contribution in [0.5, 0.6) is 0 Å². The summed E-state index contributed by atoms with van der Waals surface area (Å²) in [6.07, 6.45) is 0.852. The van der Waals surface area contributed by atoms with Crippen LogP contribution >= 0.6 is 11.8 Å². The van der Waals surface area contributed by atoms with Gasteiger partial charge in [0.1, 0.15) is 12.1 Å². The molecule has 1 aromatic heterocycles. The number of thioether (sulfide) groups is 1. The van der Waals surface area contributed by atoms with Crippen molar-refractivity contribution in [2.75, 3.05) is 33.1 Å². The molecule has 3 N–H and O–H groups in total. The van der Waals surface area contributed by atoms with Crippen molar-refractivity contribution in [3.8, 4) is 0 Å². The number of carbonyl (C=O) groups is 2. The second-order valence-electron chi connectivity index (χ2n) is 11.1. The molecule has 2 aliphatic heterocycles. The zero-order chi connectivity index (χ0) is 29.6. The molecule has 3 aliphatic rings. The van der Waals surface area contributed by atoms with Crippen molar-refractivity contribution in [1.29, 1.82) is 0 Å². The van der Waals surface area contributed by atoms with Crippen LogP contribution in [-0.4, -0.2) is 46.2 Å². The Hall–Kier alpha value is -3.80. The average Bonchev–Trinajstić information content (AvgIpc) is 3.48. The topological polar surface area (TPSA) is 99.2 Å². The van der Waals surface area contributed by atoms with E-state index >= 15 is 0 Å². The number of carbonyl (C=O) groups excluding carboxylic acids is 2. The first-order valence-electron chi connectivity index (χ1n) is 14.0. The SMILES string of the molecule is Cc1ccc(NC(=O)c2cc(N3CCC[C@H]3C)cc(C(F)(F)F)c2)cc1NC(=O)C1CSc2c(NC3CC3)ncnc21. The summed E-state index contributed by atoms with van der Waals surface area (Å²) in [5, 5.41) is 9.07. The van der Waals surface area contributed by atoms with Gasteiger partial charge in [-0.3, -0.25) is 9.59 Å². The number of halogens is 3. The number of hydrogen-bond donors (Lipinski definition) is 3. The molecule has 1 saturated carbocycles. The highest BCUT2D eigenvalue weighted by molar-refractivity contribution is 7.99. The van der Waals surface area contributed by atoms with Gasteiger partial charge in [0, 0.05) is 47.0 Å². The number of hydrogen-bond acceptors (Lipinski definition) is 7. The predicted octanol–water partition coefficient (Wildman–Crippen LogP) is 6.45. The van der Waals surface area contributed by atoms with Gasteiger partial charge in [0.05, 0.1) is 22.1 Å². The van der Waals surface area contributed by atoms with Gasteiger partial charge in [0.25, 0.3) is 5.91 Å². The van der Waals surface area contributed by atoms with Crippen LogP contribution in [0.2, 0.25) is 0 Å². The second-order valence-corrected chi connectivity index (χ2v) is 12.2. The molecule has 2 aromatic carbocycles. The number of anilines is 4. The Morgan fingerprint density at radius 1 is 1.05 bits per heavy atom. The number of nitrogens with one attached hydrogen (secondary N) is 3. The maximum absolute atomic E-state index is 13.7. The van der Waals surface area contributed by atoms with Gasteiger partial charge in [-0.2, -0.15) is 13.2 Å². The van der Waals surface area contributed by atoms with E-state index in [1.165, 1.54) is 12.4 Å². The van der Waals surface area contributed by atoms with Crippen molar-refractivity contribution >= 4 is 46.5 Å². The maximum atomic E-state index is 13.7. The fourth-order valence-electron chi connectivity index (χ4n) is 5.39. The molecule has 6 rings (SSSR count). The third kappa shape index (κ3) is 5.90. The van der Waals surface area contributed by atoms with E-state index in [2.05, 4.69) is 25.9 Å². The van der Waals surface area contributed by atoms with Crippen molar-refractivity contribution in [1.82, 2.24) is 9.97 Å². The van der Waals surface area contributed by atoms with Crippen LogP contribution in [0.15, 0.2) is 47.6 Å². The van der Waals surface area contributed by atoms with Crippen LogP contribution in [0.4, 0.5) is 36.1 Å². The van der Waals surface area contributed by atoms with Crippen LogP contribution < -0.4 is 20.9 Å². The fourth-order valence-corrected chi connectivity index (χ4v) is 6.63. The Morgan fingerprint density at radius 3 is 2.57 bits per heavy atom. The summed E-state index contributed by atoms with van der Waals surface area (Å²) in [7, 11) is 0. The van der Waals surface area contributed by atoms with Crippen LogP contribution in [-0.2, 0) is 11.0 Å². The zero-order valence-corrected chi connectivity index (χ0v) is 24.0. The lowest BCUT2D eigenvalue weighted by Crippen LogP contribution is -2.27. The summed E-state index contributed by atoms with van der Waals surface area (Å²) >= 11 is 1.55. The number of rotatable bonds is 7. The van der Waals surface area contributed by atoms with Crippen LogP contribution in [0.25, 0.3) is 0 Å². The van der Waals surface area contributed by atoms with Gasteiger partial charge < -0.3 is 20.9 Å². The molecular weight excluding hydrogens is 565 g/mol. The number of nitrogens with zero attached hydrogens (tertiary/aromatic N) is 3. The first-order valence-corrected chi connectivity index (χ1v) is 15.0. The van der Waals surface area contributed by atoms with Crippen molar-refractivity contribution in [3.63, 3.8) is 0 Å². The zero-order valence-electron chi connectivity index (χ0n) is 23.2. The minimum absolute atomic E-state index is 0.0834. The molecule has 42 heavy (non-hydrogen) atoms. The lowest BCUT2D eigenvalue weighted by molar-refractivity contribution is -0.137. The van der Waals surface area contributed by atoms with Gasteiger partial charge in [-0.25, -0.2) is 9.97 Å². The smallest absolute Gasteiger partial charge is 0.369 e. The number of amides is 2. The molecule has 1 unspecified atom stereocenters. The van der Waals surface area contributed by atoms with E-state index in [1.807, 2.05) is 18.7 Å². The molecule has 8 nitrogen and oxygen atoms in total. The molecule has 2 amide bonds. The lowest BCUT2D eigenvalue weighted by Gasteiger charge is -2.25. The Labute approximate surface area is 245 Å². The van der Waals surface area contributed by atoms with E-state index in [-0.39, 0.29) is 17.5 Å². The third-order valence-electron chi connectivity index (χ3n) is 7.94. The van der Waals surface area contributed by atoms with Crippen LogP contribution in [0.1, 0.15) is 65.7 Å². The second kappa shape index (κ2) is 11.1. The normalized spacial score (nSPS) is 19.9. The monoisotopic (exact) mass is 596 g/mol. The summed E-state index contributed by atoms with van der Waals surface area (Å²) in [6, 6.07) is 9.01. The van der Waals surface area contributed by atoms with Gasteiger partial charge in [-0.05, 0) is 75.4 Å². The van der Waals surface area contributed by atoms with Crippen molar-refractivity contribution < 1.29 is 22.8 Å². The quantitative estimate of drug-likeness (QED) is 0.288. The summed E-state index contributed by atoms with van der Waals surface area (Å²) in [5.41, 5.74) is 1.74. The summed E-state index contributed by atoms with van der Waals surface area (Å²) in [6.45, 7) is 4.43. The Bertz CT molecular complexity index is 1540. The van der Waals surface area contributed by atoms with E-state index in [1.54, 1.807) is 30.0 Å². The highest BCUT2D eigenvalue weighted by atomic mass is 32.2. The highest BCUT2D eigenvalue weighted by Crippen LogP contribution is 2.43. The first-order chi connectivity index (χ1) is 20.1. The molecule has 0 bridgehead atoms. The number of aryl methyl sites for hydroxylation is 1. The van der Waals surface area contributed by atoms with E-state index in [0.29, 0.717) is 41.1 Å². The van der Waals surface area contributed by atoms with Crippen molar-refractivity contribution in [2.45, 2.75) is 68.6 Å². The molecule has 0 radical (unpaired) electrons. The number of alkyl halides is 3. The maximum Gasteiger partial charge on any atom is 0.416 e. The number of benzene rings is 2. The van der Waals surface area contributed by atoms with E-state index < -0.39 is 23.6 Å². The predicted molar refractivity (Wildman–Crippen MR) is 157 cm³/mol. The van der Waals surface area contributed by atoms with E-state index in [0.717, 1.165) is 54.1 Å². The Balaban J connectivity index is 1.20. The molecule has 2 atom stereocenters. The molecule has 3 heterocycles. The minimum Gasteiger partial charge on any atom is -0.369 e. The largest absolute Gasteiger partial charge is 0.416 e. The summed E-state index contributed by atoms with van der Waals surface area (Å²) < 4.78 is 41.2. The lowest BCUT2D eigenvalue weighted by atomic mass is 10.1. The van der Waals surface area contributed by atoms with Gasteiger partial charge in [0.2, 0.25) is 5.91 Å². The van der Waals surface area contributed by atoms with Crippen LogP contribution in [0, 0.1) is 6.92 Å². The van der Waals surface area contributed by atoms with E-state index in [9.17, 15) is 22.8 Å². The summed E-state index contributed by atoms with van der Waals surface area (Å²) in [4.78, 5) is 38.1. The van der Waals surface area contributed by atoms with Gasteiger partial charge in [-0.1, -0.05) is 6.07 Å². The Kier molecular flexibility index (Phi) is 7.50. The van der Waals surface area contributed by atoms with E-state index in [4.69, 9.17) is 0 Å². The number of aromatic nitrogens is 2. The average molecular weight is 597 g/mol. The molecular formula is C30H31F3N6O2S. The molecule has 0 spiro atoms. The highest BCUT2D eigenvalue weighted by Gasteiger charge is 2.35. The third-order valence-corrected chi connectivity index (χ3v) is 9.13. The standard InChI is InChI=1S/C30H31F3N6O2S/c1-16-5-6-21(37-28(40)18-10-19(30(31,32)33)12-22(11-18)39-9-3-4-17(39)2)13-24(16)38-29(41)23-14-42-26-25(23)34-15-35-27(26)36-20-7-8-20/h5-6,10-13,15,17,20,23H,3-4,7-9,14H2,1-2H3,(H,37,40)(H,38,41)(H,34,35,36)/t17-,23?/m1/s1. The number of fused-ring (bicyclic) bond motifs is 1. The minimum atomic E-state index is -4.59. The van der Waals surface area contributed by atoms with Crippen molar-refractivity contribution in [2.24, 2.45) is 0 Å². The van der Waals surface area contributed by atoms with Crippen molar-refractivity contribution in [3.05, 3.63) is 65.1 Å². The molecule has 1 saturated heterocycles. The first kappa shape index (κ1) is 28.3. The molecule has 220 valence electrons. The molecule has 12 heteroatoms. The van der Waals surface area contributed by atoms with Crippen LogP contribution in [0.3, 0.4) is 0 Å². The Morgan fingerprint density at radius 2 is 1.86 bits per heavy atom. The molecule has 2 fully saturated rings. The molecule has 1 aliphatic carbocycles. The summed E-state index contributed by atoms with van der Waals surface area (Å²) in [5.74, 6) is -0.0696. The van der Waals surface area contributed by atoms with Gasteiger partial charge >= 0.3 is 6.18 Å². The fraction of sp³-hybridized carbons (Fsp3) is 0.400. The van der Waals surface area contributed by atoms with Gasteiger partial charge in [-0.15, -0.1) is 11.8 Å².